The van der Waals surface area contributed by atoms with Crippen molar-refractivity contribution in [2.24, 2.45) is 0 Å². The molecule has 0 bridgehead atoms. The molecule has 3 heteroatoms. The molecule has 0 aliphatic heterocycles. The van der Waals surface area contributed by atoms with Crippen molar-refractivity contribution in [1.29, 1.82) is 0 Å². The lowest BCUT2D eigenvalue weighted by Gasteiger charge is -1.73. The first-order chi connectivity index (χ1) is 2.81. The summed E-state index contributed by atoms with van der Waals surface area (Å²) < 4.78 is 0. The third-order valence-corrected chi connectivity index (χ3v) is 0.253. The van der Waals surface area contributed by atoms with Gasteiger partial charge in [-0.05, 0) is 0 Å². The van der Waals surface area contributed by atoms with E-state index in [1.54, 1.807) is 0 Å². The standard InChI is InChI=1S/C3H4O3/c4-1-3(6)2-5/h1-2,4,6H. The molecule has 0 atom stereocenters. The van der Waals surface area contributed by atoms with Gasteiger partial charge in [-0.3, -0.25) is 4.79 Å². The van der Waals surface area contributed by atoms with Crippen molar-refractivity contribution in [3.05, 3.63) is 12.0 Å². The molecule has 0 saturated carbocycles. The molecule has 6 heavy (non-hydrogen) atoms. The van der Waals surface area contributed by atoms with Crippen LogP contribution < -0.4 is 0 Å². The van der Waals surface area contributed by atoms with E-state index in [1.807, 2.05) is 0 Å². The Labute approximate surface area is 34.5 Å². The average molecular weight is 88.1 g/mol. The van der Waals surface area contributed by atoms with Gasteiger partial charge in [-0.1, -0.05) is 0 Å². The number of allylic oxidation sites excluding steroid dienone is 1. The lowest BCUT2D eigenvalue weighted by molar-refractivity contribution is -0.107. The highest BCUT2D eigenvalue weighted by Gasteiger charge is 1.78. The molecule has 3 nitrogen and oxygen atoms in total. The van der Waals surface area contributed by atoms with Crippen LogP contribution >= 0.6 is 0 Å². The van der Waals surface area contributed by atoms with Crippen LogP contribution in [-0.2, 0) is 4.79 Å². The molecule has 0 aliphatic carbocycles. The third kappa shape index (κ3) is 1.34. The lowest BCUT2D eigenvalue weighted by atomic mass is 10.6. The zero-order valence-electron chi connectivity index (χ0n) is 2.96. The van der Waals surface area contributed by atoms with Crippen molar-refractivity contribution in [3.63, 3.8) is 0 Å². The van der Waals surface area contributed by atoms with E-state index in [0.717, 1.165) is 0 Å². The molecule has 0 fully saturated rings. The van der Waals surface area contributed by atoms with Gasteiger partial charge in [0.05, 0.1) is 0 Å². The van der Waals surface area contributed by atoms with E-state index in [2.05, 4.69) is 0 Å². The van der Waals surface area contributed by atoms with Gasteiger partial charge in [0.25, 0.3) is 0 Å². The molecule has 0 aromatic carbocycles. The van der Waals surface area contributed by atoms with Crippen molar-refractivity contribution in [2.75, 3.05) is 0 Å². The van der Waals surface area contributed by atoms with Gasteiger partial charge in [0.15, 0.2) is 12.0 Å². The largest absolute Gasteiger partial charge is 0.512 e. The summed E-state index contributed by atoms with van der Waals surface area (Å²) >= 11 is 0. The van der Waals surface area contributed by atoms with Gasteiger partial charge in [-0.2, -0.15) is 0 Å². The van der Waals surface area contributed by atoms with Crippen LogP contribution in [0.3, 0.4) is 0 Å². The molecule has 0 spiro atoms. The van der Waals surface area contributed by atoms with Crippen molar-refractivity contribution in [1.82, 2.24) is 0 Å². The molecule has 34 valence electrons. The van der Waals surface area contributed by atoms with E-state index in [9.17, 15) is 4.79 Å². The Morgan fingerprint density at radius 1 is 1.67 bits per heavy atom. The Kier molecular flexibility index (Phi) is 1.89. The molecule has 0 radical (unpaired) electrons. The Hall–Kier alpha value is -0.990. The maximum absolute atomic E-state index is 9.26. The molecule has 0 aromatic heterocycles. The Morgan fingerprint density at radius 3 is 2.17 bits per heavy atom. The summed E-state index contributed by atoms with van der Waals surface area (Å²) in [5, 5.41) is 15.6. The van der Waals surface area contributed by atoms with Gasteiger partial charge in [0, 0.05) is 0 Å². The number of carbonyl (C=O) groups excluding carboxylic acids is 1. The molecule has 0 amide bonds. The minimum absolute atomic E-state index is 0.139. The van der Waals surface area contributed by atoms with Crippen molar-refractivity contribution in [3.8, 4) is 0 Å². The summed E-state index contributed by atoms with van der Waals surface area (Å²) in [6, 6.07) is 0. The number of aliphatic hydroxyl groups is 2. The van der Waals surface area contributed by atoms with Gasteiger partial charge in [-0.15, -0.1) is 0 Å². The third-order valence-electron chi connectivity index (χ3n) is 0.253. The van der Waals surface area contributed by atoms with E-state index in [-0.39, 0.29) is 6.29 Å². The predicted molar refractivity (Wildman–Crippen MR) is 19.4 cm³/mol. The molecule has 0 unspecified atom stereocenters. The quantitative estimate of drug-likeness (QED) is 0.272. The van der Waals surface area contributed by atoms with Crippen LogP contribution in [0.1, 0.15) is 0 Å². The van der Waals surface area contributed by atoms with E-state index in [0.29, 0.717) is 6.26 Å². The van der Waals surface area contributed by atoms with Crippen molar-refractivity contribution < 1.29 is 15.0 Å². The molecule has 0 rings (SSSR count). The fourth-order valence-corrected chi connectivity index (χ4v) is 0.0304. The summed E-state index contributed by atoms with van der Waals surface area (Å²) in [5.74, 6) is -0.657. The fourth-order valence-electron chi connectivity index (χ4n) is 0.0304. The first-order valence-corrected chi connectivity index (χ1v) is 1.29. The monoisotopic (exact) mass is 88.0 g/mol. The average Bonchev–Trinajstić information content (AvgIpc) is 1.65. The van der Waals surface area contributed by atoms with Gasteiger partial charge < -0.3 is 10.2 Å². The van der Waals surface area contributed by atoms with Crippen LogP contribution in [0.4, 0.5) is 0 Å². The van der Waals surface area contributed by atoms with E-state index < -0.39 is 5.76 Å². The summed E-state index contributed by atoms with van der Waals surface area (Å²) in [5.41, 5.74) is 0. The number of hydrogen-bond donors (Lipinski definition) is 2. The summed E-state index contributed by atoms with van der Waals surface area (Å²) in [7, 11) is 0. The van der Waals surface area contributed by atoms with Gasteiger partial charge >= 0.3 is 0 Å². The van der Waals surface area contributed by atoms with Gasteiger partial charge in [0.2, 0.25) is 0 Å². The number of carbonyl (C=O) groups is 1. The second-order valence-electron chi connectivity index (χ2n) is 0.672. The van der Waals surface area contributed by atoms with Crippen LogP contribution in [0.25, 0.3) is 0 Å². The maximum atomic E-state index is 9.26. The predicted octanol–water partition coefficient (Wildman–Crippen LogP) is 0.143. The van der Waals surface area contributed by atoms with Crippen LogP contribution in [-0.4, -0.2) is 16.5 Å². The van der Waals surface area contributed by atoms with Crippen LogP contribution in [0, 0.1) is 0 Å². The number of aldehydes is 1. The van der Waals surface area contributed by atoms with Crippen molar-refractivity contribution >= 4 is 6.29 Å². The van der Waals surface area contributed by atoms with E-state index in [4.69, 9.17) is 10.2 Å². The summed E-state index contributed by atoms with van der Waals surface area (Å²) in [6.07, 6.45) is 0.465. The van der Waals surface area contributed by atoms with Crippen LogP contribution in [0.2, 0.25) is 0 Å². The number of hydrogen-bond acceptors (Lipinski definition) is 3. The number of aliphatic hydroxyl groups excluding tert-OH is 2. The van der Waals surface area contributed by atoms with Crippen molar-refractivity contribution in [2.45, 2.75) is 0 Å². The first-order valence-electron chi connectivity index (χ1n) is 1.29. The number of rotatable bonds is 1. The zero-order chi connectivity index (χ0) is 4.99. The molecule has 0 heterocycles. The van der Waals surface area contributed by atoms with E-state index in [1.165, 1.54) is 0 Å². The van der Waals surface area contributed by atoms with Crippen LogP contribution in [0.15, 0.2) is 12.0 Å². The van der Waals surface area contributed by atoms with E-state index >= 15 is 0 Å². The highest BCUT2D eigenvalue weighted by molar-refractivity contribution is 5.68. The Morgan fingerprint density at radius 2 is 2.17 bits per heavy atom. The van der Waals surface area contributed by atoms with Gasteiger partial charge in [-0.25, -0.2) is 0 Å². The minimum atomic E-state index is -0.657. The highest BCUT2D eigenvalue weighted by Crippen LogP contribution is 1.71. The molecule has 0 aromatic rings. The van der Waals surface area contributed by atoms with Gasteiger partial charge in [0.1, 0.15) is 6.26 Å². The molecule has 0 saturated heterocycles. The molecule has 0 aliphatic rings. The summed E-state index contributed by atoms with van der Waals surface area (Å²) in [4.78, 5) is 9.26. The molecular weight excluding hydrogens is 84.0 g/mol. The second kappa shape index (κ2) is 2.26. The second-order valence-corrected chi connectivity index (χ2v) is 0.672. The fraction of sp³-hybridized carbons (Fsp3) is 0. The maximum Gasteiger partial charge on any atom is 0.190 e. The normalized spacial score (nSPS) is 11.0. The first kappa shape index (κ1) is 5.01. The Balaban J connectivity index is 3.50. The van der Waals surface area contributed by atoms with Crippen LogP contribution in [0.5, 0.6) is 0 Å². The molecule has 2 N–H and O–H groups in total. The topological polar surface area (TPSA) is 57.5 Å². The Bertz CT molecular complexity index is 74.1. The zero-order valence-corrected chi connectivity index (χ0v) is 2.96. The smallest absolute Gasteiger partial charge is 0.190 e. The molecular formula is C3H4O3. The minimum Gasteiger partial charge on any atom is -0.512 e. The summed E-state index contributed by atoms with van der Waals surface area (Å²) in [6.45, 7) is 0. The SMILES string of the molecule is O=CC(O)=CO. The highest BCUT2D eigenvalue weighted by atomic mass is 16.3. The lowest BCUT2D eigenvalue weighted by Crippen LogP contribution is -1.77.